The van der Waals surface area contributed by atoms with Crippen molar-refractivity contribution >= 4 is 11.0 Å². The largest absolute Gasteiger partial charge is 0.435 e. The van der Waals surface area contributed by atoms with Crippen LogP contribution in [-0.4, -0.2) is 22.0 Å². The summed E-state index contributed by atoms with van der Waals surface area (Å²) in [6.07, 6.45) is 0.492. The number of rotatable bonds is 4. The quantitative estimate of drug-likeness (QED) is 0.795. The van der Waals surface area contributed by atoms with Crippen LogP contribution >= 0.6 is 0 Å². The van der Waals surface area contributed by atoms with Gasteiger partial charge in [0.2, 0.25) is 0 Å². The molecular weight excluding hydrogens is 264 g/mol. The van der Waals surface area contributed by atoms with E-state index in [0.29, 0.717) is 12.0 Å². The molecule has 0 unspecified atom stereocenters. The molecule has 3 rings (SSSR count). The summed E-state index contributed by atoms with van der Waals surface area (Å²) in [6.45, 7) is -2.82. The highest BCUT2D eigenvalue weighted by Gasteiger charge is 2.10. The normalized spacial score (nSPS) is 11.2. The van der Waals surface area contributed by atoms with Gasteiger partial charge in [-0.25, -0.2) is 0 Å². The lowest BCUT2D eigenvalue weighted by Gasteiger charge is -2.10. The molecule has 1 N–H and O–H groups in total. The average Bonchev–Trinajstić information content (AvgIpc) is 2.88. The summed E-state index contributed by atoms with van der Waals surface area (Å²) in [6, 6.07) is 12.4. The predicted molar refractivity (Wildman–Crippen MR) is 69.8 cm³/mol. The Morgan fingerprint density at radius 3 is 2.70 bits per heavy atom. The molecule has 4 nitrogen and oxygen atoms in total. The molecule has 1 aromatic heterocycles. The van der Waals surface area contributed by atoms with Crippen LogP contribution in [0.15, 0.2) is 42.5 Å². The maximum absolute atomic E-state index is 12.4. The van der Waals surface area contributed by atoms with Crippen LogP contribution in [0, 0.1) is 0 Å². The number of aromatic nitrogens is 3. The van der Waals surface area contributed by atoms with Gasteiger partial charge in [0.25, 0.3) is 0 Å². The molecule has 2 aromatic carbocycles. The number of alkyl halides is 2. The lowest BCUT2D eigenvalue weighted by atomic mass is 10.0. The van der Waals surface area contributed by atoms with E-state index in [1.807, 2.05) is 18.2 Å². The summed E-state index contributed by atoms with van der Waals surface area (Å²) in [5, 5.41) is 10.5. The number of nitrogens with one attached hydrogen (secondary N) is 1. The number of hydrogen-bond acceptors (Lipinski definition) is 3. The van der Waals surface area contributed by atoms with Crippen LogP contribution in [-0.2, 0) is 6.42 Å². The first-order chi connectivity index (χ1) is 9.72. The van der Waals surface area contributed by atoms with Crippen molar-refractivity contribution in [3.63, 3.8) is 0 Å². The average molecular weight is 275 g/mol. The molecule has 3 aromatic rings. The van der Waals surface area contributed by atoms with Gasteiger partial charge in [-0.3, -0.25) is 0 Å². The monoisotopic (exact) mass is 275 g/mol. The number of fused-ring (bicyclic) bond motifs is 1. The van der Waals surface area contributed by atoms with E-state index in [0.717, 1.165) is 16.6 Å². The summed E-state index contributed by atoms with van der Waals surface area (Å²) < 4.78 is 29.2. The highest BCUT2D eigenvalue weighted by molar-refractivity contribution is 5.74. The van der Waals surface area contributed by atoms with E-state index in [9.17, 15) is 8.78 Å². The molecule has 0 bridgehead atoms. The molecule has 0 saturated carbocycles. The van der Waals surface area contributed by atoms with Crippen LogP contribution in [0.1, 0.15) is 11.1 Å². The molecule has 0 aliphatic heterocycles. The summed E-state index contributed by atoms with van der Waals surface area (Å²) in [5.41, 5.74) is 3.17. The smallest absolute Gasteiger partial charge is 0.387 e. The second kappa shape index (κ2) is 5.24. The Hall–Kier alpha value is -2.50. The predicted octanol–water partition coefficient (Wildman–Crippen LogP) is 3.15. The van der Waals surface area contributed by atoms with Gasteiger partial charge in [-0.15, -0.1) is 0 Å². The molecule has 1 heterocycles. The minimum atomic E-state index is -2.82. The van der Waals surface area contributed by atoms with E-state index in [1.54, 1.807) is 18.2 Å². The van der Waals surface area contributed by atoms with Crippen molar-refractivity contribution in [2.75, 3.05) is 0 Å². The molecule has 0 atom stereocenters. The number of ether oxygens (including phenoxy) is 1. The first kappa shape index (κ1) is 12.5. The molecule has 0 aliphatic carbocycles. The Morgan fingerprint density at radius 1 is 1.05 bits per heavy atom. The van der Waals surface area contributed by atoms with Crippen molar-refractivity contribution in [2.24, 2.45) is 0 Å². The molecule has 102 valence electrons. The van der Waals surface area contributed by atoms with Crippen molar-refractivity contribution in [3.8, 4) is 5.75 Å². The van der Waals surface area contributed by atoms with E-state index >= 15 is 0 Å². The Bertz CT molecular complexity index is 727. The third-order valence-electron chi connectivity index (χ3n) is 2.96. The molecule has 0 aliphatic rings. The zero-order chi connectivity index (χ0) is 13.9. The topological polar surface area (TPSA) is 50.8 Å². The lowest BCUT2D eigenvalue weighted by molar-refractivity contribution is -0.0503. The van der Waals surface area contributed by atoms with E-state index < -0.39 is 6.61 Å². The Labute approximate surface area is 113 Å². The number of aromatic amines is 1. The molecular formula is C14H11F2N3O. The number of benzene rings is 2. The Balaban J connectivity index is 1.90. The minimum Gasteiger partial charge on any atom is -0.435 e. The zero-order valence-corrected chi connectivity index (χ0v) is 10.4. The summed E-state index contributed by atoms with van der Waals surface area (Å²) in [4.78, 5) is 0. The minimum absolute atomic E-state index is 0.197. The van der Waals surface area contributed by atoms with Gasteiger partial charge in [-0.2, -0.15) is 24.2 Å². The van der Waals surface area contributed by atoms with Gasteiger partial charge >= 0.3 is 6.61 Å². The van der Waals surface area contributed by atoms with Crippen molar-refractivity contribution < 1.29 is 13.5 Å². The maximum atomic E-state index is 12.4. The number of para-hydroxylation sites is 1. The molecule has 20 heavy (non-hydrogen) atoms. The van der Waals surface area contributed by atoms with E-state index in [-0.39, 0.29) is 5.75 Å². The summed E-state index contributed by atoms with van der Waals surface area (Å²) in [7, 11) is 0. The molecule has 0 radical (unpaired) electrons. The van der Waals surface area contributed by atoms with Gasteiger partial charge < -0.3 is 4.74 Å². The van der Waals surface area contributed by atoms with E-state index in [4.69, 9.17) is 0 Å². The molecule has 0 spiro atoms. The first-order valence-corrected chi connectivity index (χ1v) is 6.04. The van der Waals surface area contributed by atoms with E-state index in [2.05, 4.69) is 20.1 Å². The van der Waals surface area contributed by atoms with Gasteiger partial charge in [0.1, 0.15) is 16.8 Å². The highest BCUT2D eigenvalue weighted by Crippen LogP contribution is 2.24. The van der Waals surface area contributed by atoms with Crippen molar-refractivity contribution in [3.05, 3.63) is 53.6 Å². The lowest BCUT2D eigenvalue weighted by Crippen LogP contribution is -2.04. The highest BCUT2D eigenvalue weighted by atomic mass is 19.3. The number of halogens is 2. The zero-order valence-electron chi connectivity index (χ0n) is 10.4. The van der Waals surface area contributed by atoms with Crippen LogP contribution < -0.4 is 4.74 Å². The van der Waals surface area contributed by atoms with Gasteiger partial charge in [-0.1, -0.05) is 24.3 Å². The van der Waals surface area contributed by atoms with Crippen molar-refractivity contribution in [1.82, 2.24) is 15.4 Å². The Morgan fingerprint density at radius 2 is 1.85 bits per heavy atom. The number of H-pyrrole nitrogens is 1. The fourth-order valence-electron chi connectivity index (χ4n) is 2.08. The summed E-state index contributed by atoms with van der Waals surface area (Å²) >= 11 is 0. The molecule has 0 saturated heterocycles. The van der Waals surface area contributed by atoms with Crippen LogP contribution in [0.4, 0.5) is 8.78 Å². The van der Waals surface area contributed by atoms with Crippen LogP contribution in [0.25, 0.3) is 11.0 Å². The second-order valence-electron chi connectivity index (χ2n) is 4.31. The van der Waals surface area contributed by atoms with Gasteiger partial charge in [0.15, 0.2) is 0 Å². The summed E-state index contributed by atoms with van der Waals surface area (Å²) in [5.74, 6) is 0.197. The Kier molecular flexibility index (Phi) is 3.28. The first-order valence-electron chi connectivity index (χ1n) is 6.04. The fourth-order valence-corrected chi connectivity index (χ4v) is 2.08. The third-order valence-corrected chi connectivity index (χ3v) is 2.96. The molecule has 0 amide bonds. The molecule has 0 fully saturated rings. The fraction of sp³-hybridized carbons (Fsp3) is 0.143. The van der Waals surface area contributed by atoms with Crippen LogP contribution in [0.5, 0.6) is 5.75 Å². The van der Waals surface area contributed by atoms with Crippen LogP contribution in [0.2, 0.25) is 0 Å². The number of hydrogen-bond donors (Lipinski definition) is 1. The SMILES string of the molecule is FC(F)Oc1ccccc1Cc1ccc2n[nH]nc2c1. The van der Waals surface area contributed by atoms with E-state index in [1.165, 1.54) is 6.07 Å². The maximum Gasteiger partial charge on any atom is 0.387 e. The standard InChI is InChI=1S/C14H11F2N3O/c15-14(16)20-13-4-2-1-3-10(13)7-9-5-6-11-12(8-9)18-19-17-11/h1-6,8,14H,7H2,(H,17,18,19). The number of nitrogens with zero attached hydrogens (tertiary/aromatic N) is 2. The second-order valence-corrected chi connectivity index (χ2v) is 4.31. The third kappa shape index (κ3) is 2.59. The van der Waals surface area contributed by atoms with Crippen molar-refractivity contribution in [2.45, 2.75) is 13.0 Å². The van der Waals surface area contributed by atoms with Gasteiger partial charge in [-0.05, 0) is 29.3 Å². The molecule has 6 heteroatoms. The van der Waals surface area contributed by atoms with Crippen LogP contribution in [0.3, 0.4) is 0 Å². The van der Waals surface area contributed by atoms with Gasteiger partial charge in [0.05, 0.1) is 0 Å². The van der Waals surface area contributed by atoms with Gasteiger partial charge in [0, 0.05) is 6.42 Å². The van der Waals surface area contributed by atoms with Crippen molar-refractivity contribution in [1.29, 1.82) is 0 Å².